The maximum absolute atomic E-state index is 13.3. The largest absolute Gasteiger partial charge is 0.480 e. The second kappa shape index (κ2) is 4.89. The van der Waals surface area contributed by atoms with Gasteiger partial charge in [0.15, 0.2) is 0 Å². The van der Waals surface area contributed by atoms with E-state index < -0.39 is 17.8 Å². The molecule has 0 saturated heterocycles. The first kappa shape index (κ1) is 11.7. The van der Waals surface area contributed by atoms with E-state index in [0.29, 0.717) is 5.56 Å². The summed E-state index contributed by atoms with van der Waals surface area (Å²) in [6, 6.07) is 3.65. The van der Waals surface area contributed by atoms with Crippen LogP contribution >= 0.6 is 0 Å². The van der Waals surface area contributed by atoms with Gasteiger partial charge in [0.2, 0.25) is 0 Å². The molecule has 0 aliphatic heterocycles. The summed E-state index contributed by atoms with van der Waals surface area (Å²) in [5.41, 5.74) is 6.68. The molecule has 82 valence electrons. The Balaban J connectivity index is 2.88. The lowest BCUT2D eigenvalue weighted by Gasteiger charge is -2.08. The first-order valence-corrected chi connectivity index (χ1v) is 4.80. The van der Waals surface area contributed by atoms with Gasteiger partial charge in [-0.15, -0.1) is 0 Å². The number of aliphatic carboxylic acids is 1. The third kappa shape index (κ3) is 3.02. The van der Waals surface area contributed by atoms with E-state index in [1.54, 1.807) is 12.1 Å². The number of hydrogen-bond donors (Lipinski definition) is 2. The van der Waals surface area contributed by atoms with Crippen LogP contribution in [0.25, 0.3) is 0 Å². The minimum Gasteiger partial charge on any atom is -0.480 e. The summed E-state index contributed by atoms with van der Waals surface area (Å²) in [6.07, 6.45) is 0.810. The van der Waals surface area contributed by atoms with Crippen molar-refractivity contribution in [3.05, 3.63) is 35.1 Å². The molecule has 0 fully saturated rings. The van der Waals surface area contributed by atoms with Gasteiger partial charge in [-0.3, -0.25) is 4.79 Å². The van der Waals surface area contributed by atoms with Crippen LogP contribution in [0.5, 0.6) is 0 Å². The first-order chi connectivity index (χ1) is 7.04. The number of hydrogen-bond acceptors (Lipinski definition) is 2. The summed E-state index contributed by atoms with van der Waals surface area (Å²) in [5, 5.41) is 8.61. The Hall–Kier alpha value is -1.42. The average Bonchev–Trinajstić information content (AvgIpc) is 2.21. The Bertz CT molecular complexity index is 366. The van der Waals surface area contributed by atoms with Crippen molar-refractivity contribution in [1.29, 1.82) is 0 Å². The Labute approximate surface area is 87.7 Å². The van der Waals surface area contributed by atoms with Crippen LogP contribution in [0.15, 0.2) is 18.2 Å². The monoisotopic (exact) mass is 211 g/mol. The lowest BCUT2D eigenvalue weighted by atomic mass is 10.0. The summed E-state index contributed by atoms with van der Waals surface area (Å²) in [6.45, 7) is 1.95. The highest BCUT2D eigenvalue weighted by Gasteiger charge is 2.14. The quantitative estimate of drug-likeness (QED) is 0.790. The molecule has 0 aliphatic rings. The smallest absolute Gasteiger partial charge is 0.320 e. The number of aryl methyl sites for hydroxylation is 1. The minimum atomic E-state index is -1.11. The van der Waals surface area contributed by atoms with Gasteiger partial charge >= 0.3 is 5.97 Å². The van der Waals surface area contributed by atoms with E-state index in [9.17, 15) is 9.18 Å². The lowest BCUT2D eigenvalue weighted by Crippen LogP contribution is -2.32. The van der Waals surface area contributed by atoms with Crippen LogP contribution in [0, 0.1) is 5.82 Å². The van der Waals surface area contributed by atoms with Crippen molar-refractivity contribution in [3.8, 4) is 0 Å². The maximum atomic E-state index is 13.3. The van der Waals surface area contributed by atoms with E-state index in [4.69, 9.17) is 10.8 Å². The molecule has 0 spiro atoms. The molecule has 1 aromatic carbocycles. The summed E-state index contributed by atoms with van der Waals surface area (Å²) in [4.78, 5) is 10.5. The third-order valence-corrected chi connectivity index (χ3v) is 2.28. The van der Waals surface area contributed by atoms with Crippen molar-refractivity contribution in [2.75, 3.05) is 0 Å². The second-order valence-electron chi connectivity index (χ2n) is 3.43. The normalized spacial score (nSPS) is 12.5. The fourth-order valence-corrected chi connectivity index (χ4v) is 1.33. The molecule has 0 aromatic heterocycles. The predicted molar refractivity (Wildman–Crippen MR) is 55.1 cm³/mol. The lowest BCUT2D eigenvalue weighted by molar-refractivity contribution is -0.138. The number of nitrogens with two attached hydrogens (primary N) is 1. The molecule has 15 heavy (non-hydrogen) atoms. The standard InChI is InChI=1S/C11H14FNO2/c1-2-7-3-4-9(12)8(5-7)6-10(13)11(14)15/h3-5,10H,2,6,13H2,1H3,(H,14,15)/t10-/m0/s1. The number of carboxylic acids is 1. The zero-order valence-corrected chi connectivity index (χ0v) is 8.53. The fraction of sp³-hybridized carbons (Fsp3) is 0.364. The number of carboxylic acid groups (broad SMARTS) is 1. The topological polar surface area (TPSA) is 63.3 Å². The van der Waals surface area contributed by atoms with E-state index in [1.807, 2.05) is 6.92 Å². The zero-order chi connectivity index (χ0) is 11.4. The predicted octanol–water partition coefficient (Wildman–Crippen LogP) is 1.34. The van der Waals surface area contributed by atoms with Gasteiger partial charge in [0, 0.05) is 6.42 Å². The molecule has 3 N–H and O–H groups in total. The van der Waals surface area contributed by atoms with Crippen molar-refractivity contribution < 1.29 is 14.3 Å². The van der Waals surface area contributed by atoms with Crippen molar-refractivity contribution in [2.45, 2.75) is 25.8 Å². The summed E-state index contributed by atoms with van der Waals surface area (Å²) in [7, 11) is 0. The highest BCUT2D eigenvalue weighted by molar-refractivity contribution is 5.73. The van der Waals surface area contributed by atoms with Crippen molar-refractivity contribution >= 4 is 5.97 Å². The first-order valence-electron chi connectivity index (χ1n) is 4.80. The Morgan fingerprint density at radius 1 is 1.60 bits per heavy atom. The Kier molecular flexibility index (Phi) is 3.80. The SMILES string of the molecule is CCc1ccc(F)c(C[C@H](N)C(=O)O)c1. The molecule has 1 atom stereocenters. The van der Waals surface area contributed by atoms with E-state index >= 15 is 0 Å². The molecule has 0 bridgehead atoms. The molecule has 3 nitrogen and oxygen atoms in total. The molecule has 0 heterocycles. The molecule has 4 heteroatoms. The third-order valence-electron chi connectivity index (χ3n) is 2.28. The molecule has 1 aromatic rings. The van der Waals surface area contributed by atoms with Gasteiger partial charge in [-0.05, 0) is 23.6 Å². The number of carbonyl (C=O) groups is 1. The minimum absolute atomic E-state index is 0.0228. The molecule has 1 rings (SSSR count). The van der Waals surface area contributed by atoms with Gasteiger partial charge in [0.05, 0.1) is 0 Å². The summed E-state index contributed by atoms with van der Waals surface area (Å²) >= 11 is 0. The van der Waals surface area contributed by atoms with E-state index in [1.165, 1.54) is 6.07 Å². The van der Waals surface area contributed by atoms with Crippen LogP contribution in [-0.2, 0) is 17.6 Å². The van der Waals surface area contributed by atoms with Gasteiger partial charge in [0.25, 0.3) is 0 Å². The summed E-state index contributed by atoms with van der Waals surface area (Å²) < 4.78 is 13.3. The molecule has 0 amide bonds. The van der Waals surface area contributed by atoms with Crippen LogP contribution in [0.4, 0.5) is 4.39 Å². The second-order valence-corrected chi connectivity index (χ2v) is 3.43. The van der Waals surface area contributed by atoms with E-state index in [2.05, 4.69) is 0 Å². The van der Waals surface area contributed by atoms with E-state index in [0.717, 1.165) is 12.0 Å². The number of halogens is 1. The summed E-state index contributed by atoms with van der Waals surface area (Å²) in [5.74, 6) is -1.51. The van der Waals surface area contributed by atoms with Crippen molar-refractivity contribution in [2.24, 2.45) is 5.73 Å². The van der Waals surface area contributed by atoms with Gasteiger partial charge in [-0.25, -0.2) is 4.39 Å². The number of rotatable bonds is 4. The Morgan fingerprint density at radius 2 is 2.27 bits per heavy atom. The van der Waals surface area contributed by atoms with Gasteiger partial charge in [0.1, 0.15) is 11.9 Å². The number of benzene rings is 1. The van der Waals surface area contributed by atoms with Gasteiger partial charge in [-0.2, -0.15) is 0 Å². The van der Waals surface area contributed by atoms with Crippen LogP contribution < -0.4 is 5.73 Å². The van der Waals surface area contributed by atoms with Crippen LogP contribution in [0.2, 0.25) is 0 Å². The molecule has 0 unspecified atom stereocenters. The average molecular weight is 211 g/mol. The van der Waals surface area contributed by atoms with Crippen molar-refractivity contribution in [3.63, 3.8) is 0 Å². The molecular weight excluding hydrogens is 197 g/mol. The van der Waals surface area contributed by atoms with Crippen LogP contribution in [0.1, 0.15) is 18.1 Å². The van der Waals surface area contributed by atoms with E-state index in [-0.39, 0.29) is 6.42 Å². The van der Waals surface area contributed by atoms with Crippen LogP contribution in [-0.4, -0.2) is 17.1 Å². The highest BCUT2D eigenvalue weighted by atomic mass is 19.1. The molecule has 0 saturated carbocycles. The van der Waals surface area contributed by atoms with Gasteiger partial charge in [-0.1, -0.05) is 19.1 Å². The van der Waals surface area contributed by atoms with Gasteiger partial charge < -0.3 is 10.8 Å². The Morgan fingerprint density at radius 3 is 2.80 bits per heavy atom. The molecule has 0 aliphatic carbocycles. The highest BCUT2D eigenvalue weighted by Crippen LogP contribution is 2.12. The molecule has 0 radical (unpaired) electrons. The fourth-order valence-electron chi connectivity index (χ4n) is 1.33. The van der Waals surface area contributed by atoms with Crippen molar-refractivity contribution in [1.82, 2.24) is 0 Å². The molecular formula is C11H14FNO2. The van der Waals surface area contributed by atoms with Crippen LogP contribution in [0.3, 0.4) is 0 Å². The maximum Gasteiger partial charge on any atom is 0.320 e. The zero-order valence-electron chi connectivity index (χ0n) is 8.53.